The Kier molecular flexibility index (Phi) is 31.7. The van der Waals surface area contributed by atoms with Crippen LogP contribution in [-0.4, -0.2) is 231 Å². The van der Waals surface area contributed by atoms with Gasteiger partial charge in [-0.05, 0) is 179 Å². The van der Waals surface area contributed by atoms with Crippen LogP contribution in [0.5, 0.6) is 0 Å². The summed E-state index contributed by atoms with van der Waals surface area (Å²) in [7, 11) is 12.7. The van der Waals surface area contributed by atoms with Gasteiger partial charge >= 0.3 is 24.4 Å². The molecule has 10 heterocycles. The molecule has 33 heteroatoms. The number of H-pyrrole nitrogens is 4. The molecule has 0 aliphatic carbocycles. The molecule has 6 aromatic carbocycles. The Bertz CT molecular complexity index is 5840. The van der Waals surface area contributed by atoms with E-state index in [0.29, 0.717) is 49.5 Å². The molecule has 5 saturated heterocycles. The molecule has 12 atom stereocenters. The van der Waals surface area contributed by atoms with Crippen LogP contribution in [0, 0.1) is 23.7 Å². The minimum absolute atomic E-state index is 0.0369. The minimum atomic E-state index is -0.719. The van der Waals surface area contributed by atoms with Crippen molar-refractivity contribution in [2.24, 2.45) is 23.7 Å². The molecule has 16 rings (SSSR count). The normalized spacial score (nSPS) is 19.5. The number of rotatable bonds is 29. The number of imidazole rings is 4. The smallest absolute Gasteiger partial charge is 0.407 e. The molecule has 5 aromatic heterocycles. The number of amides is 8. The van der Waals surface area contributed by atoms with Crippen molar-refractivity contribution < 1.29 is 66.8 Å². The molecule has 141 heavy (non-hydrogen) atoms. The lowest BCUT2D eigenvalue weighted by molar-refractivity contribution is -0.136. The molecule has 33 nitrogen and oxygen atoms in total. The van der Waals surface area contributed by atoms with Gasteiger partial charge in [0, 0.05) is 71.6 Å². The average Bonchev–Trinajstić information content (AvgIpc) is 1.59. The Balaban J connectivity index is 0.000000213. The van der Waals surface area contributed by atoms with Crippen LogP contribution in [0.3, 0.4) is 0 Å². The molecule has 0 bridgehead atoms. The first kappa shape index (κ1) is 101. The topological polar surface area (TPSA) is 379 Å². The minimum Gasteiger partial charge on any atom is -0.453 e. The zero-order valence-electron chi connectivity index (χ0n) is 84.2. The van der Waals surface area contributed by atoms with Gasteiger partial charge in [0.25, 0.3) is 0 Å². The molecule has 746 valence electrons. The van der Waals surface area contributed by atoms with E-state index in [1.54, 1.807) is 14.2 Å². The molecule has 8 N–H and O–H groups in total. The predicted molar refractivity (Wildman–Crippen MR) is 540 cm³/mol. The van der Waals surface area contributed by atoms with E-state index >= 15 is 0 Å². The standard InChI is InChI=1S/C56H73N9O8.C52H62N10O6/c1-32(2)44(61-54(68)72-10)52(66)63-28-12-14-42(63)50-57-30-40(59-50)34-16-20-36(21-17-34)46-48(70-8)49(71-9)47(65(46)39-26-24-38(25-27-39)56(5,6)7)37-22-18-35(19-23-37)41-31-58-51(60-41)43-15-13-29-64(43)53(67)45(33(3)4)62-55(69)73-11;1-31(2)45(57-51(65)67-7)49(63)60-27-9-11-43(60)47-53-29-39(55-47)33-13-17-35(18-14-33)41-25-26-42(62(41)38-23-21-37(22-24-38)59(5)6)36-19-15-34(16-20-36)40-30-54-48(56-40)44-12-10-28-61(44)50(64)46(32(3)4)58-52(66)68-8/h16-27,30-33,42-49H,12-15,28-29H2,1-11H3,(H,57,59)(H,58,60)(H,61,68)(H,62,69);13-26,29-32,43-46H,9-12,27-28H2,1-8H3,(H,53,55)(H,54,56)(H,57,65)(H,58,66)/t42-,43-,44-,45-,46+,47+,48-,49-;43-,44-,45-,46-/m00/s1. The van der Waals surface area contributed by atoms with Crippen LogP contribution in [-0.2, 0) is 53.0 Å². The molecule has 11 aromatic rings. The summed E-state index contributed by atoms with van der Waals surface area (Å²) in [6.45, 7) is 24.2. The molecular weight excluding hydrogens is 1790 g/mol. The summed E-state index contributed by atoms with van der Waals surface area (Å²) in [6, 6.07) is 51.1. The van der Waals surface area contributed by atoms with E-state index in [1.807, 2.05) is 114 Å². The van der Waals surface area contributed by atoms with Gasteiger partial charge in [-0.15, -0.1) is 0 Å². The number of hydrogen-bond acceptors (Lipinski definition) is 20. The molecule has 5 aliphatic heterocycles. The van der Waals surface area contributed by atoms with Gasteiger partial charge in [0.05, 0.1) is 124 Å². The van der Waals surface area contributed by atoms with Crippen molar-refractivity contribution in [1.29, 1.82) is 0 Å². The molecule has 0 radical (unpaired) electrons. The van der Waals surface area contributed by atoms with Crippen molar-refractivity contribution >= 4 is 59.4 Å². The number of nitrogens with zero attached hydrogens (tertiary/aromatic N) is 11. The molecule has 0 saturated carbocycles. The lowest BCUT2D eigenvalue weighted by Crippen LogP contribution is -2.51. The van der Waals surface area contributed by atoms with Crippen LogP contribution in [0.4, 0.5) is 30.6 Å². The number of ether oxygens (including phenoxy) is 6. The molecular formula is C108H135N19O14. The van der Waals surface area contributed by atoms with E-state index in [1.165, 1.54) is 34.0 Å². The second kappa shape index (κ2) is 44.2. The molecule has 0 unspecified atom stereocenters. The number of anilines is 2. The zero-order valence-corrected chi connectivity index (χ0v) is 84.2. The fourth-order valence-corrected chi connectivity index (χ4v) is 20.3. The second-order valence-corrected chi connectivity index (χ2v) is 39.7. The molecule has 0 spiro atoms. The number of aromatic nitrogens is 9. The number of carbonyl (C=O) groups excluding carboxylic acids is 8. The summed E-state index contributed by atoms with van der Waals surface area (Å²) in [5.74, 6) is 1.73. The van der Waals surface area contributed by atoms with Crippen molar-refractivity contribution in [3.05, 3.63) is 223 Å². The number of methoxy groups -OCH3 is 6. The zero-order chi connectivity index (χ0) is 101. The lowest BCUT2D eigenvalue weighted by atomic mass is 9.87. The number of likely N-dealkylation sites (tertiary alicyclic amines) is 4. The van der Waals surface area contributed by atoms with Gasteiger partial charge in [0.15, 0.2) is 0 Å². The van der Waals surface area contributed by atoms with Crippen molar-refractivity contribution in [2.75, 3.05) is 92.7 Å². The highest BCUT2D eigenvalue weighted by Gasteiger charge is 2.52. The van der Waals surface area contributed by atoms with Gasteiger partial charge in [-0.2, -0.15) is 0 Å². The molecule has 5 fully saturated rings. The summed E-state index contributed by atoms with van der Waals surface area (Å²) in [6.07, 6.45) is 10.4. The highest BCUT2D eigenvalue weighted by molar-refractivity contribution is 5.90. The summed E-state index contributed by atoms with van der Waals surface area (Å²) >= 11 is 0. The maximum Gasteiger partial charge on any atom is 0.407 e. The quantitative estimate of drug-likeness (QED) is 0.0202. The van der Waals surface area contributed by atoms with Crippen molar-refractivity contribution in [3.63, 3.8) is 0 Å². The van der Waals surface area contributed by atoms with Crippen LogP contribution in [0.1, 0.15) is 204 Å². The van der Waals surface area contributed by atoms with E-state index in [0.717, 1.165) is 147 Å². The van der Waals surface area contributed by atoms with Gasteiger partial charge in [-0.3, -0.25) is 19.2 Å². The second-order valence-electron chi connectivity index (χ2n) is 39.7. The van der Waals surface area contributed by atoms with E-state index < -0.39 is 48.5 Å². The maximum atomic E-state index is 13.8. The summed E-state index contributed by atoms with van der Waals surface area (Å²) in [5.41, 5.74) is 17.7. The van der Waals surface area contributed by atoms with E-state index in [-0.39, 0.29) is 101 Å². The van der Waals surface area contributed by atoms with Crippen molar-refractivity contribution in [1.82, 2.24) is 85.3 Å². The van der Waals surface area contributed by atoms with Crippen LogP contribution in [0.15, 0.2) is 183 Å². The number of alkyl carbamates (subject to hydrolysis) is 4. The Morgan fingerprint density at radius 1 is 0.355 bits per heavy atom. The van der Waals surface area contributed by atoms with Gasteiger partial charge in [0.1, 0.15) is 59.7 Å². The first-order valence-corrected chi connectivity index (χ1v) is 48.9. The van der Waals surface area contributed by atoms with Gasteiger partial charge in [-0.25, -0.2) is 39.1 Å². The van der Waals surface area contributed by atoms with Gasteiger partial charge in [-0.1, -0.05) is 185 Å². The number of benzene rings is 6. The van der Waals surface area contributed by atoms with Crippen LogP contribution < -0.4 is 31.1 Å². The lowest BCUT2D eigenvalue weighted by Gasteiger charge is -2.34. The van der Waals surface area contributed by atoms with E-state index in [2.05, 4.69) is 234 Å². The summed E-state index contributed by atoms with van der Waals surface area (Å²) < 4.78 is 34.4. The van der Waals surface area contributed by atoms with Gasteiger partial charge in [0.2, 0.25) is 23.6 Å². The van der Waals surface area contributed by atoms with Gasteiger partial charge < -0.3 is 104 Å². The average molecular weight is 1920 g/mol. The molecule has 8 amide bonds. The first-order chi connectivity index (χ1) is 67.7. The van der Waals surface area contributed by atoms with E-state index in [9.17, 15) is 38.4 Å². The Labute approximate surface area is 824 Å². The number of carbonyl (C=O) groups is 8. The summed E-state index contributed by atoms with van der Waals surface area (Å²) in [4.78, 5) is 148. The maximum absolute atomic E-state index is 13.8. The molecule has 5 aliphatic rings. The van der Waals surface area contributed by atoms with Crippen LogP contribution in [0.25, 0.3) is 73.2 Å². The third-order valence-electron chi connectivity index (χ3n) is 28.1. The number of nitrogens with one attached hydrogen (secondary N) is 8. The first-order valence-electron chi connectivity index (χ1n) is 48.9. The largest absolute Gasteiger partial charge is 0.453 e. The monoisotopic (exact) mass is 1920 g/mol. The third-order valence-corrected chi connectivity index (χ3v) is 28.1. The Hall–Kier alpha value is -14.1. The Morgan fingerprint density at radius 3 is 0.865 bits per heavy atom. The van der Waals surface area contributed by atoms with Crippen molar-refractivity contribution in [2.45, 2.75) is 206 Å². The van der Waals surface area contributed by atoms with Crippen LogP contribution in [0.2, 0.25) is 0 Å². The summed E-state index contributed by atoms with van der Waals surface area (Å²) in [5, 5.41) is 10.9. The van der Waals surface area contributed by atoms with Crippen LogP contribution >= 0.6 is 0 Å². The highest BCUT2D eigenvalue weighted by atomic mass is 16.6. The van der Waals surface area contributed by atoms with Crippen molar-refractivity contribution in [3.8, 4) is 73.2 Å². The Morgan fingerprint density at radius 2 is 0.617 bits per heavy atom. The highest BCUT2D eigenvalue weighted by Crippen LogP contribution is 2.51. The number of hydrogen-bond donors (Lipinski definition) is 8. The fraction of sp³-hybridized carbons (Fsp3) is 0.444. The predicted octanol–water partition coefficient (Wildman–Crippen LogP) is 17.9. The number of aromatic amines is 4. The fourth-order valence-electron chi connectivity index (χ4n) is 20.3. The van der Waals surface area contributed by atoms with E-state index in [4.69, 9.17) is 48.4 Å². The SMILES string of the molecule is COC(=O)N[C@H](C(=O)N1CCC[C@H]1c1ncc(-c2ccc(-c3ccc(-c4ccc(-c5cnc([C@@H]6CCCN6C(=O)[C@@H](NC(=O)OC)C(C)C)[nH]5)cc4)n3-c3ccc(N(C)C)cc3)cc2)[nH]1)C(C)C.COC(=O)N[C@H](C(=O)N1CCC[C@H]1c1ncc(-c2ccc([C@@H]3[C@H](OC)[C@@H](OC)[C@@H](c4ccc(-c5cnc([C@@H]6CCCN6C(=O)[C@@H](NC(=O)OC)C(C)C)[nH]5)cc4)N3c3ccc(C(C)(C)C)cc3)cc2)[nH]1)C(C)C. The third kappa shape index (κ3) is 21.9.